The smallest absolute Gasteiger partial charge is 0.339 e. The average Bonchev–Trinajstić information content (AvgIpc) is 2.21. The van der Waals surface area contributed by atoms with Crippen LogP contribution in [0.3, 0.4) is 0 Å². The van der Waals surface area contributed by atoms with Crippen LogP contribution in [0.5, 0.6) is 0 Å². The molecule has 0 spiro atoms. The second kappa shape index (κ2) is 5.40. The van der Waals surface area contributed by atoms with E-state index in [-0.39, 0.29) is 5.97 Å². The van der Waals surface area contributed by atoms with Gasteiger partial charge < -0.3 is 9.47 Å². The number of hydrogen-bond donors (Lipinski definition) is 0. The minimum absolute atomic E-state index is 0.346. The first kappa shape index (κ1) is 10.7. The van der Waals surface area contributed by atoms with E-state index in [1.165, 1.54) is 7.11 Å². The van der Waals surface area contributed by atoms with Crippen LogP contribution < -0.4 is 0 Å². The summed E-state index contributed by atoms with van der Waals surface area (Å²) in [5.74, 6) is -0.346. The third-order valence-electron chi connectivity index (χ3n) is 1.84. The molecule has 0 fully saturated rings. The predicted molar refractivity (Wildman–Crippen MR) is 52.8 cm³/mol. The van der Waals surface area contributed by atoms with E-state index in [1.54, 1.807) is 6.92 Å². The van der Waals surface area contributed by atoms with E-state index in [0.29, 0.717) is 6.61 Å². The van der Waals surface area contributed by atoms with Crippen molar-refractivity contribution in [2.75, 3.05) is 13.7 Å². The average molecular weight is 194 g/mol. The van der Waals surface area contributed by atoms with Crippen LogP contribution in [0, 0.1) is 0 Å². The Hall–Kier alpha value is -1.35. The molecule has 0 amide bonds. The maximum absolute atomic E-state index is 11.4. The number of benzene rings is 1. The van der Waals surface area contributed by atoms with Gasteiger partial charge in [-0.05, 0) is 12.5 Å². The van der Waals surface area contributed by atoms with Gasteiger partial charge in [0.15, 0.2) is 6.10 Å². The number of ether oxygens (including phenoxy) is 2. The second-order valence-electron chi connectivity index (χ2n) is 2.78. The molecule has 3 nitrogen and oxygen atoms in total. The molecule has 0 heterocycles. The molecule has 1 atom stereocenters. The van der Waals surface area contributed by atoms with Crippen LogP contribution in [0.25, 0.3) is 0 Å². The summed E-state index contributed by atoms with van der Waals surface area (Å²) in [6, 6.07) is 9.29. The fraction of sp³-hybridized carbons (Fsp3) is 0.364. The fourth-order valence-corrected chi connectivity index (χ4v) is 1.21. The van der Waals surface area contributed by atoms with Gasteiger partial charge in [-0.15, -0.1) is 0 Å². The fourth-order valence-electron chi connectivity index (χ4n) is 1.21. The van der Waals surface area contributed by atoms with Crippen LogP contribution in [0.2, 0.25) is 0 Å². The Morgan fingerprint density at radius 3 is 2.50 bits per heavy atom. The number of methoxy groups -OCH3 is 1. The van der Waals surface area contributed by atoms with Crippen LogP contribution in [0.1, 0.15) is 18.6 Å². The van der Waals surface area contributed by atoms with E-state index in [4.69, 9.17) is 9.47 Å². The highest BCUT2D eigenvalue weighted by Gasteiger charge is 2.20. The van der Waals surface area contributed by atoms with Crippen molar-refractivity contribution in [1.82, 2.24) is 0 Å². The van der Waals surface area contributed by atoms with Gasteiger partial charge in [-0.2, -0.15) is 0 Å². The maximum Gasteiger partial charge on any atom is 0.339 e. The highest BCUT2D eigenvalue weighted by atomic mass is 16.6. The topological polar surface area (TPSA) is 35.5 Å². The maximum atomic E-state index is 11.4. The Balaban J connectivity index is 2.77. The third kappa shape index (κ3) is 2.57. The van der Waals surface area contributed by atoms with Gasteiger partial charge in [-0.1, -0.05) is 30.3 Å². The van der Waals surface area contributed by atoms with Crippen molar-refractivity contribution in [2.45, 2.75) is 13.0 Å². The van der Waals surface area contributed by atoms with E-state index in [9.17, 15) is 4.79 Å². The van der Waals surface area contributed by atoms with Crippen molar-refractivity contribution >= 4 is 5.97 Å². The molecule has 0 aliphatic rings. The molecule has 0 saturated carbocycles. The molecular weight excluding hydrogens is 180 g/mol. The van der Waals surface area contributed by atoms with Crippen LogP contribution in [-0.4, -0.2) is 19.7 Å². The molecule has 0 aliphatic heterocycles. The Morgan fingerprint density at radius 2 is 2.00 bits per heavy atom. The first-order chi connectivity index (χ1) is 6.79. The number of carbonyl (C=O) groups excluding carboxylic acids is 1. The van der Waals surface area contributed by atoms with Gasteiger partial charge in [-0.3, -0.25) is 0 Å². The summed E-state index contributed by atoms with van der Waals surface area (Å²) in [5, 5.41) is 0. The molecule has 0 aromatic heterocycles. The SMILES string of the molecule is CCOC(=O)[C@H](OC)c1ccccc1. The van der Waals surface area contributed by atoms with Crippen molar-refractivity contribution < 1.29 is 14.3 Å². The molecule has 0 saturated heterocycles. The van der Waals surface area contributed by atoms with E-state index in [2.05, 4.69) is 0 Å². The van der Waals surface area contributed by atoms with Gasteiger partial charge in [0.2, 0.25) is 0 Å². The molecule has 1 aromatic carbocycles. The zero-order chi connectivity index (χ0) is 10.4. The molecule has 0 radical (unpaired) electrons. The van der Waals surface area contributed by atoms with Gasteiger partial charge in [0.25, 0.3) is 0 Å². The summed E-state index contributed by atoms with van der Waals surface area (Å²) in [5.41, 5.74) is 0.813. The summed E-state index contributed by atoms with van der Waals surface area (Å²) in [7, 11) is 1.49. The normalized spacial score (nSPS) is 12.1. The van der Waals surface area contributed by atoms with Crippen LogP contribution in [-0.2, 0) is 14.3 Å². The predicted octanol–water partition coefficient (Wildman–Crippen LogP) is 1.94. The lowest BCUT2D eigenvalue weighted by atomic mass is 10.1. The van der Waals surface area contributed by atoms with E-state index in [1.807, 2.05) is 30.3 Å². The van der Waals surface area contributed by atoms with E-state index in [0.717, 1.165) is 5.56 Å². The lowest BCUT2D eigenvalue weighted by Crippen LogP contribution is -2.17. The molecule has 76 valence electrons. The minimum atomic E-state index is -0.615. The van der Waals surface area contributed by atoms with Gasteiger partial charge in [-0.25, -0.2) is 4.79 Å². The van der Waals surface area contributed by atoms with Crippen LogP contribution >= 0.6 is 0 Å². The Kier molecular flexibility index (Phi) is 4.13. The first-order valence-electron chi connectivity index (χ1n) is 4.54. The molecule has 1 rings (SSSR count). The Labute approximate surface area is 83.6 Å². The molecular formula is C11H14O3. The van der Waals surface area contributed by atoms with Gasteiger partial charge in [0, 0.05) is 7.11 Å². The molecule has 0 aliphatic carbocycles. The number of carbonyl (C=O) groups is 1. The molecule has 14 heavy (non-hydrogen) atoms. The first-order valence-corrected chi connectivity index (χ1v) is 4.54. The number of rotatable bonds is 4. The summed E-state index contributed by atoms with van der Waals surface area (Å²) < 4.78 is 9.96. The zero-order valence-electron chi connectivity index (χ0n) is 8.40. The molecule has 3 heteroatoms. The monoisotopic (exact) mass is 194 g/mol. The quantitative estimate of drug-likeness (QED) is 0.687. The van der Waals surface area contributed by atoms with Crippen molar-refractivity contribution in [1.29, 1.82) is 0 Å². The van der Waals surface area contributed by atoms with Crippen molar-refractivity contribution in [2.24, 2.45) is 0 Å². The zero-order valence-corrected chi connectivity index (χ0v) is 8.40. The summed E-state index contributed by atoms with van der Waals surface area (Å²) in [6.45, 7) is 2.14. The highest BCUT2D eigenvalue weighted by molar-refractivity contribution is 5.76. The Morgan fingerprint density at radius 1 is 1.36 bits per heavy atom. The minimum Gasteiger partial charge on any atom is -0.464 e. The largest absolute Gasteiger partial charge is 0.464 e. The number of esters is 1. The molecule has 1 aromatic rings. The summed E-state index contributed by atoms with van der Waals surface area (Å²) in [6.07, 6.45) is -0.615. The van der Waals surface area contributed by atoms with Crippen molar-refractivity contribution in [3.05, 3.63) is 35.9 Å². The van der Waals surface area contributed by atoms with Crippen LogP contribution in [0.15, 0.2) is 30.3 Å². The summed E-state index contributed by atoms with van der Waals surface area (Å²) in [4.78, 5) is 11.4. The standard InChI is InChI=1S/C11H14O3/c1-3-14-11(12)10(13-2)9-7-5-4-6-8-9/h4-8,10H,3H2,1-2H3/t10-/m1/s1. The molecule has 0 unspecified atom stereocenters. The van der Waals surface area contributed by atoms with Crippen molar-refractivity contribution in [3.8, 4) is 0 Å². The van der Waals surface area contributed by atoms with E-state index >= 15 is 0 Å². The third-order valence-corrected chi connectivity index (χ3v) is 1.84. The van der Waals surface area contributed by atoms with Crippen molar-refractivity contribution in [3.63, 3.8) is 0 Å². The lowest BCUT2D eigenvalue weighted by molar-refractivity contribution is -0.155. The Bertz CT molecular complexity index is 282. The lowest BCUT2D eigenvalue weighted by Gasteiger charge is -2.13. The van der Waals surface area contributed by atoms with Crippen LogP contribution in [0.4, 0.5) is 0 Å². The van der Waals surface area contributed by atoms with E-state index < -0.39 is 6.10 Å². The highest BCUT2D eigenvalue weighted by Crippen LogP contribution is 2.17. The second-order valence-corrected chi connectivity index (χ2v) is 2.78. The summed E-state index contributed by atoms with van der Waals surface area (Å²) >= 11 is 0. The van der Waals surface area contributed by atoms with Gasteiger partial charge >= 0.3 is 5.97 Å². The molecule has 0 N–H and O–H groups in total. The number of hydrogen-bond acceptors (Lipinski definition) is 3. The van der Waals surface area contributed by atoms with Gasteiger partial charge in [0.05, 0.1) is 6.61 Å². The van der Waals surface area contributed by atoms with Gasteiger partial charge in [0.1, 0.15) is 0 Å². The molecule has 0 bridgehead atoms.